The molecule has 0 aromatic heterocycles. The quantitative estimate of drug-likeness (QED) is 0.489. The van der Waals surface area contributed by atoms with Crippen molar-refractivity contribution in [1.82, 2.24) is 14.1 Å². The Hall–Kier alpha value is -2.18. The van der Waals surface area contributed by atoms with Gasteiger partial charge in [0.1, 0.15) is 0 Å². The normalized spacial score (nSPS) is 18.5. The first-order valence-electron chi connectivity index (χ1n) is 8.73. The van der Waals surface area contributed by atoms with Gasteiger partial charge in [-0.1, -0.05) is 17.8 Å². The van der Waals surface area contributed by atoms with Crippen molar-refractivity contribution in [3.05, 3.63) is 34.4 Å². The molecule has 10 nitrogen and oxygen atoms in total. The van der Waals surface area contributed by atoms with Crippen LogP contribution in [0.5, 0.6) is 0 Å². The van der Waals surface area contributed by atoms with Crippen LogP contribution in [0.4, 0.5) is 10.5 Å². The van der Waals surface area contributed by atoms with Crippen molar-refractivity contribution >= 4 is 38.6 Å². The van der Waals surface area contributed by atoms with E-state index in [0.717, 1.165) is 11.8 Å². The van der Waals surface area contributed by atoms with Gasteiger partial charge in [0.2, 0.25) is 15.9 Å². The lowest BCUT2D eigenvalue weighted by Crippen LogP contribution is -2.50. The predicted molar refractivity (Wildman–Crippen MR) is 102 cm³/mol. The van der Waals surface area contributed by atoms with Gasteiger partial charge in [-0.25, -0.2) is 8.42 Å². The van der Waals surface area contributed by atoms with Gasteiger partial charge < -0.3 is 9.80 Å². The first-order valence-corrected chi connectivity index (χ1v) is 11.2. The smallest absolute Gasteiger partial charge is 0.281 e. The summed E-state index contributed by atoms with van der Waals surface area (Å²) in [6.07, 6.45) is 0.212. The number of non-ortho nitro benzene ring substituents is 1. The highest BCUT2D eigenvalue weighted by Gasteiger charge is 2.31. The van der Waals surface area contributed by atoms with Crippen LogP contribution < -0.4 is 0 Å². The monoisotopic (exact) mass is 428 g/mol. The van der Waals surface area contributed by atoms with E-state index in [0.29, 0.717) is 13.1 Å². The summed E-state index contributed by atoms with van der Waals surface area (Å²) in [4.78, 5) is 37.3. The number of benzene rings is 1. The maximum Gasteiger partial charge on any atom is 0.281 e. The summed E-state index contributed by atoms with van der Waals surface area (Å²) in [5.74, 6) is 0.624. The van der Waals surface area contributed by atoms with Crippen LogP contribution in [0.3, 0.4) is 0 Å². The van der Waals surface area contributed by atoms with Crippen LogP contribution >= 0.6 is 11.8 Å². The topological polar surface area (TPSA) is 121 Å². The molecule has 0 aliphatic carbocycles. The Labute approximate surface area is 166 Å². The molecule has 12 heteroatoms. The van der Waals surface area contributed by atoms with Crippen LogP contribution in [0.25, 0.3) is 0 Å². The van der Waals surface area contributed by atoms with Gasteiger partial charge in [-0.05, 0) is 6.07 Å². The number of rotatable bonds is 6. The number of carbonyl (C=O) groups is 2. The zero-order valence-corrected chi connectivity index (χ0v) is 16.7. The fourth-order valence-corrected chi connectivity index (χ4v) is 5.42. The van der Waals surface area contributed by atoms with Crippen LogP contribution in [-0.4, -0.2) is 83.6 Å². The molecule has 0 N–H and O–H groups in total. The van der Waals surface area contributed by atoms with Gasteiger partial charge in [-0.15, -0.1) is 0 Å². The third-order valence-corrected chi connectivity index (χ3v) is 7.48. The van der Waals surface area contributed by atoms with Crippen LogP contribution in [0.2, 0.25) is 0 Å². The van der Waals surface area contributed by atoms with Gasteiger partial charge in [0.15, 0.2) is 0 Å². The second kappa shape index (κ2) is 8.45. The first-order chi connectivity index (χ1) is 13.3. The molecule has 2 amide bonds. The molecule has 0 unspecified atom stereocenters. The zero-order valence-electron chi connectivity index (χ0n) is 15.0. The van der Waals surface area contributed by atoms with E-state index >= 15 is 0 Å². The Morgan fingerprint density at radius 2 is 1.89 bits per heavy atom. The van der Waals surface area contributed by atoms with Crippen molar-refractivity contribution in [2.24, 2.45) is 0 Å². The van der Waals surface area contributed by atoms with Crippen molar-refractivity contribution in [2.45, 2.75) is 11.3 Å². The number of thioether (sulfide) groups is 1. The average Bonchev–Trinajstić information content (AvgIpc) is 3.11. The van der Waals surface area contributed by atoms with E-state index in [1.165, 1.54) is 34.3 Å². The minimum Gasteiger partial charge on any atom is -0.340 e. The molecule has 0 saturated carbocycles. The number of nitro benzene ring substituents is 1. The third-order valence-electron chi connectivity index (χ3n) is 4.70. The van der Waals surface area contributed by atoms with Gasteiger partial charge in [-0.3, -0.25) is 19.7 Å². The minimum absolute atomic E-state index is 0.0133. The highest BCUT2D eigenvalue weighted by atomic mass is 32.2. The molecule has 3 rings (SSSR count). The summed E-state index contributed by atoms with van der Waals surface area (Å²) in [6.45, 7) is 1.75. The second-order valence-electron chi connectivity index (χ2n) is 6.39. The van der Waals surface area contributed by atoms with Crippen molar-refractivity contribution < 1.29 is 22.9 Å². The molecule has 1 aromatic carbocycles. The molecule has 2 aliphatic heterocycles. The SMILES string of the molecule is O=C(CCN1CCSC1=O)N1CCN(S(=O)(=O)c2cccc([N+](=O)[O-])c2)CC1. The lowest BCUT2D eigenvalue weighted by atomic mass is 10.3. The largest absolute Gasteiger partial charge is 0.340 e. The van der Waals surface area contributed by atoms with Crippen molar-refractivity contribution in [1.29, 1.82) is 0 Å². The van der Waals surface area contributed by atoms with Crippen molar-refractivity contribution in [3.8, 4) is 0 Å². The van der Waals surface area contributed by atoms with E-state index in [4.69, 9.17) is 0 Å². The van der Waals surface area contributed by atoms with Crippen LogP contribution in [0.15, 0.2) is 29.2 Å². The molecule has 2 aliphatic rings. The fraction of sp³-hybridized carbons (Fsp3) is 0.500. The molecule has 0 radical (unpaired) electrons. The summed E-state index contributed by atoms with van der Waals surface area (Å²) in [5.41, 5.74) is -0.287. The molecular formula is C16H20N4O6S2. The Morgan fingerprint density at radius 3 is 2.50 bits per heavy atom. The highest BCUT2D eigenvalue weighted by Crippen LogP contribution is 2.22. The van der Waals surface area contributed by atoms with Crippen molar-refractivity contribution in [3.63, 3.8) is 0 Å². The molecule has 1 aromatic rings. The Kier molecular flexibility index (Phi) is 6.20. The Bertz CT molecular complexity index is 883. The number of hydrogen-bond acceptors (Lipinski definition) is 7. The first kappa shape index (κ1) is 20.6. The maximum absolute atomic E-state index is 12.7. The summed E-state index contributed by atoms with van der Waals surface area (Å²) >= 11 is 1.24. The van der Waals surface area contributed by atoms with Crippen LogP contribution in [-0.2, 0) is 14.8 Å². The second-order valence-corrected chi connectivity index (χ2v) is 9.37. The summed E-state index contributed by atoms with van der Waals surface area (Å²) in [7, 11) is -3.86. The number of sulfonamides is 1. The molecule has 0 bridgehead atoms. The molecule has 152 valence electrons. The van der Waals surface area contributed by atoms with E-state index in [1.54, 1.807) is 9.80 Å². The maximum atomic E-state index is 12.7. The highest BCUT2D eigenvalue weighted by molar-refractivity contribution is 8.13. The van der Waals surface area contributed by atoms with Crippen LogP contribution in [0, 0.1) is 10.1 Å². The molecule has 28 heavy (non-hydrogen) atoms. The molecular weight excluding hydrogens is 408 g/mol. The molecule has 2 saturated heterocycles. The summed E-state index contributed by atoms with van der Waals surface area (Å²) in [6, 6.07) is 4.94. The molecule has 0 atom stereocenters. The lowest BCUT2D eigenvalue weighted by Gasteiger charge is -2.34. The Balaban J connectivity index is 1.56. The van der Waals surface area contributed by atoms with E-state index in [9.17, 15) is 28.1 Å². The number of nitro groups is 1. The van der Waals surface area contributed by atoms with Crippen LogP contribution in [0.1, 0.15) is 6.42 Å². The van der Waals surface area contributed by atoms with Gasteiger partial charge in [0.05, 0.1) is 9.82 Å². The van der Waals surface area contributed by atoms with Gasteiger partial charge in [0.25, 0.3) is 10.9 Å². The van der Waals surface area contributed by atoms with Gasteiger partial charge in [-0.2, -0.15) is 4.31 Å². The minimum atomic E-state index is -3.86. The van der Waals surface area contributed by atoms with Gasteiger partial charge >= 0.3 is 0 Å². The number of hydrogen-bond donors (Lipinski definition) is 0. The number of piperazine rings is 1. The molecule has 2 fully saturated rings. The Morgan fingerprint density at radius 1 is 1.18 bits per heavy atom. The number of nitrogens with zero attached hydrogens (tertiary/aromatic N) is 4. The molecule has 2 heterocycles. The molecule has 0 spiro atoms. The van der Waals surface area contributed by atoms with E-state index in [-0.39, 0.29) is 54.3 Å². The fourth-order valence-electron chi connectivity index (χ4n) is 3.10. The average molecular weight is 428 g/mol. The number of carbonyl (C=O) groups excluding carboxylic acids is 2. The summed E-state index contributed by atoms with van der Waals surface area (Å²) in [5, 5.41) is 10.9. The predicted octanol–water partition coefficient (Wildman–Crippen LogP) is 0.987. The van der Waals surface area contributed by atoms with E-state index in [1.807, 2.05) is 0 Å². The standard InChI is InChI=1S/C16H20N4O6S2/c21-15(4-5-18-10-11-27-16(18)22)17-6-8-19(9-7-17)28(25,26)14-3-1-2-13(12-14)20(23)24/h1-3,12H,4-11H2. The lowest BCUT2D eigenvalue weighted by molar-refractivity contribution is -0.385. The zero-order chi connectivity index (χ0) is 20.3. The third kappa shape index (κ3) is 4.45. The van der Waals surface area contributed by atoms with Crippen molar-refractivity contribution in [2.75, 3.05) is 45.0 Å². The summed E-state index contributed by atoms with van der Waals surface area (Å²) < 4.78 is 26.7. The number of amides is 2. The van der Waals surface area contributed by atoms with E-state index < -0.39 is 14.9 Å². The van der Waals surface area contributed by atoms with Gasteiger partial charge in [0, 0.05) is 63.6 Å². The van der Waals surface area contributed by atoms with E-state index in [2.05, 4.69) is 0 Å².